The van der Waals surface area contributed by atoms with Crippen molar-refractivity contribution in [3.8, 4) is 0 Å². The Hall–Kier alpha value is -1.07. The van der Waals surface area contributed by atoms with Crippen molar-refractivity contribution < 1.29 is 17.9 Å². The fraction of sp³-hybridized carbons (Fsp3) is 0.538. The second-order valence-corrected chi connectivity index (χ2v) is 4.52. The molecule has 1 unspecified atom stereocenters. The highest BCUT2D eigenvalue weighted by Gasteiger charge is 2.32. The molecule has 0 spiro atoms. The van der Waals surface area contributed by atoms with Crippen molar-refractivity contribution in [2.75, 3.05) is 19.8 Å². The lowest BCUT2D eigenvalue weighted by molar-refractivity contribution is -0.138. The first-order chi connectivity index (χ1) is 8.57. The van der Waals surface area contributed by atoms with E-state index in [9.17, 15) is 13.2 Å². The molecule has 1 aliphatic rings. The van der Waals surface area contributed by atoms with Crippen LogP contribution in [0.25, 0.3) is 0 Å². The maximum atomic E-state index is 12.7. The van der Waals surface area contributed by atoms with Crippen molar-refractivity contribution in [3.63, 3.8) is 0 Å². The number of alkyl halides is 3. The minimum Gasteiger partial charge on any atom is -0.381 e. The van der Waals surface area contributed by atoms with Crippen molar-refractivity contribution in [1.29, 1.82) is 0 Å². The van der Waals surface area contributed by atoms with E-state index in [1.165, 1.54) is 12.1 Å². The molecule has 100 valence electrons. The summed E-state index contributed by atoms with van der Waals surface area (Å²) in [6, 6.07) is 5.68. The second kappa shape index (κ2) is 5.71. The lowest BCUT2D eigenvalue weighted by atomic mass is 10.1. The van der Waals surface area contributed by atoms with Crippen LogP contribution in [-0.2, 0) is 17.5 Å². The highest BCUT2D eigenvalue weighted by molar-refractivity contribution is 5.29. The minimum atomic E-state index is -4.28. The Morgan fingerprint density at radius 2 is 2.06 bits per heavy atom. The molecule has 0 bridgehead atoms. The maximum absolute atomic E-state index is 12.7. The Balaban J connectivity index is 1.92. The van der Waals surface area contributed by atoms with Crippen LogP contribution in [0.3, 0.4) is 0 Å². The molecule has 0 radical (unpaired) electrons. The van der Waals surface area contributed by atoms with Crippen LogP contribution in [0.1, 0.15) is 17.5 Å². The number of hydrogen-bond donors (Lipinski definition) is 1. The highest BCUT2D eigenvalue weighted by atomic mass is 19.4. The van der Waals surface area contributed by atoms with Gasteiger partial charge in [0.1, 0.15) is 0 Å². The normalized spacial score (nSPS) is 20.3. The van der Waals surface area contributed by atoms with Gasteiger partial charge in [-0.05, 0) is 24.0 Å². The van der Waals surface area contributed by atoms with Gasteiger partial charge in [-0.25, -0.2) is 0 Å². The van der Waals surface area contributed by atoms with Crippen LogP contribution in [0.4, 0.5) is 13.2 Å². The van der Waals surface area contributed by atoms with Gasteiger partial charge in [0, 0.05) is 19.7 Å². The molecule has 1 heterocycles. The predicted octanol–water partition coefficient (Wildman–Crippen LogP) is 2.83. The zero-order valence-electron chi connectivity index (χ0n) is 9.96. The van der Waals surface area contributed by atoms with E-state index in [2.05, 4.69) is 5.32 Å². The van der Waals surface area contributed by atoms with E-state index in [-0.39, 0.29) is 6.54 Å². The smallest absolute Gasteiger partial charge is 0.381 e. The van der Waals surface area contributed by atoms with Crippen molar-refractivity contribution in [2.24, 2.45) is 5.92 Å². The van der Waals surface area contributed by atoms with Gasteiger partial charge in [0.05, 0.1) is 12.2 Å². The molecule has 1 saturated heterocycles. The van der Waals surface area contributed by atoms with Crippen LogP contribution in [0, 0.1) is 5.92 Å². The van der Waals surface area contributed by atoms with Crippen LogP contribution >= 0.6 is 0 Å². The molecule has 1 N–H and O–H groups in total. The molecule has 1 fully saturated rings. The Morgan fingerprint density at radius 1 is 1.28 bits per heavy atom. The molecule has 1 aliphatic heterocycles. The van der Waals surface area contributed by atoms with E-state index in [1.54, 1.807) is 6.07 Å². The van der Waals surface area contributed by atoms with Crippen molar-refractivity contribution >= 4 is 0 Å². The summed E-state index contributed by atoms with van der Waals surface area (Å²) in [5.41, 5.74) is -0.260. The molecule has 2 rings (SSSR count). The van der Waals surface area contributed by atoms with Gasteiger partial charge in [-0.3, -0.25) is 0 Å². The van der Waals surface area contributed by atoms with Gasteiger partial charge in [0.25, 0.3) is 0 Å². The molecule has 5 heteroatoms. The molecule has 0 aromatic heterocycles. The molecular weight excluding hydrogens is 243 g/mol. The molecule has 0 saturated carbocycles. The largest absolute Gasteiger partial charge is 0.416 e. The van der Waals surface area contributed by atoms with Crippen molar-refractivity contribution in [3.05, 3.63) is 35.4 Å². The Labute approximate surface area is 104 Å². The molecular formula is C13H16F3NO. The fourth-order valence-electron chi connectivity index (χ4n) is 2.11. The van der Waals surface area contributed by atoms with Crippen molar-refractivity contribution in [2.45, 2.75) is 19.1 Å². The monoisotopic (exact) mass is 259 g/mol. The Bertz CT molecular complexity index is 386. The molecule has 0 aliphatic carbocycles. The Kier molecular flexibility index (Phi) is 4.24. The average molecular weight is 259 g/mol. The van der Waals surface area contributed by atoms with Crippen molar-refractivity contribution in [1.82, 2.24) is 5.32 Å². The summed E-state index contributed by atoms with van der Waals surface area (Å²) in [6.45, 7) is 2.40. The summed E-state index contributed by atoms with van der Waals surface area (Å²) >= 11 is 0. The lowest BCUT2D eigenvalue weighted by Crippen LogP contribution is -2.24. The van der Waals surface area contributed by atoms with Gasteiger partial charge in [0.15, 0.2) is 0 Å². The minimum absolute atomic E-state index is 0.242. The Morgan fingerprint density at radius 3 is 2.72 bits per heavy atom. The first-order valence-electron chi connectivity index (χ1n) is 6.01. The summed E-state index contributed by atoms with van der Waals surface area (Å²) < 4.78 is 43.4. The standard InChI is InChI=1S/C13H16F3NO/c14-13(15,16)12-4-2-1-3-11(12)8-17-7-10-5-6-18-9-10/h1-4,10,17H,5-9H2. The lowest BCUT2D eigenvalue weighted by Gasteiger charge is -2.14. The topological polar surface area (TPSA) is 21.3 Å². The van der Waals surface area contributed by atoms with Gasteiger partial charge in [-0.2, -0.15) is 13.2 Å². The van der Waals surface area contributed by atoms with Crippen LogP contribution in [0.15, 0.2) is 24.3 Å². The number of rotatable bonds is 4. The zero-order valence-corrected chi connectivity index (χ0v) is 9.96. The van der Waals surface area contributed by atoms with E-state index in [0.29, 0.717) is 24.6 Å². The van der Waals surface area contributed by atoms with E-state index in [1.807, 2.05) is 0 Å². The highest BCUT2D eigenvalue weighted by Crippen LogP contribution is 2.31. The first-order valence-corrected chi connectivity index (χ1v) is 6.01. The van der Waals surface area contributed by atoms with Crippen LogP contribution in [0.2, 0.25) is 0 Å². The summed E-state index contributed by atoms with van der Waals surface area (Å²) in [6.07, 6.45) is -3.30. The third kappa shape index (κ3) is 3.46. The predicted molar refractivity (Wildman–Crippen MR) is 62.1 cm³/mol. The summed E-state index contributed by atoms with van der Waals surface area (Å²) in [7, 11) is 0. The van der Waals surface area contributed by atoms with Gasteiger partial charge in [0.2, 0.25) is 0 Å². The number of ether oxygens (including phenoxy) is 1. The number of nitrogens with one attached hydrogen (secondary N) is 1. The quantitative estimate of drug-likeness (QED) is 0.897. The van der Waals surface area contributed by atoms with E-state index in [4.69, 9.17) is 4.74 Å². The third-order valence-corrected chi connectivity index (χ3v) is 3.10. The number of hydrogen-bond acceptors (Lipinski definition) is 2. The molecule has 1 atom stereocenters. The summed E-state index contributed by atoms with van der Waals surface area (Å²) in [5.74, 6) is 0.419. The molecule has 0 amide bonds. The molecule has 18 heavy (non-hydrogen) atoms. The number of benzene rings is 1. The van der Waals surface area contributed by atoms with E-state index >= 15 is 0 Å². The van der Waals surface area contributed by atoms with Gasteiger partial charge >= 0.3 is 6.18 Å². The van der Waals surface area contributed by atoms with E-state index < -0.39 is 11.7 Å². The molecule has 2 nitrogen and oxygen atoms in total. The fourth-order valence-corrected chi connectivity index (χ4v) is 2.11. The van der Waals surface area contributed by atoms with Gasteiger partial charge in [-0.1, -0.05) is 18.2 Å². The molecule has 1 aromatic rings. The molecule has 1 aromatic carbocycles. The SMILES string of the molecule is FC(F)(F)c1ccccc1CNCC1CCOC1. The summed E-state index contributed by atoms with van der Waals surface area (Å²) in [4.78, 5) is 0. The first kappa shape index (κ1) is 13.4. The van der Waals surface area contributed by atoms with Crippen LogP contribution in [0.5, 0.6) is 0 Å². The maximum Gasteiger partial charge on any atom is 0.416 e. The third-order valence-electron chi connectivity index (χ3n) is 3.10. The second-order valence-electron chi connectivity index (χ2n) is 4.52. The van der Waals surface area contributed by atoms with Gasteiger partial charge in [-0.15, -0.1) is 0 Å². The average Bonchev–Trinajstić information content (AvgIpc) is 2.81. The zero-order chi connectivity index (χ0) is 13.0. The van der Waals surface area contributed by atoms with Crippen LogP contribution in [-0.4, -0.2) is 19.8 Å². The summed E-state index contributed by atoms with van der Waals surface area (Å²) in [5, 5.41) is 3.08. The number of halogens is 3. The van der Waals surface area contributed by atoms with Gasteiger partial charge < -0.3 is 10.1 Å². The van der Waals surface area contributed by atoms with E-state index in [0.717, 1.165) is 19.1 Å². The van der Waals surface area contributed by atoms with Crippen LogP contribution < -0.4 is 5.32 Å².